The molecule has 1 atom stereocenters. The zero-order valence-electron chi connectivity index (χ0n) is 12.2. The van der Waals surface area contributed by atoms with Gasteiger partial charge in [0.1, 0.15) is 11.4 Å². The first-order valence-corrected chi connectivity index (χ1v) is 7.73. The van der Waals surface area contributed by atoms with Gasteiger partial charge in [0.2, 0.25) is 0 Å². The standard InChI is InChI=1S/C16H19N3O2/c1-20-12-2-3-13-14(8-12)19-10-16(21-15(19)17-13)9-18-6-4-11(16)5-7-18/h2-3,8,11H,4-7,9-10H2,1H3/t16-/m0/s1. The molecule has 6 rings (SSSR count). The van der Waals surface area contributed by atoms with Crippen LogP contribution in [0.25, 0.3) is 11.0 Å². The van der Waals surface area contributed by atoms with Gasteiger partial charge >= 0.3 is 0 Å². The Morgan fingerprint density at radius 1 is 1.29 bits per heavy atom. The van der Waals surface area contributed by atoms with E-state index in [1.165, 1.54) is 25.9 Å². The van der Waals surface area contributed by atoms with Gasteiger partial charge in [-0.15, -0.1) is 0 Å². The largest absolute Gasteiger partial charge is 0.497 e. The Labute approximate surface area is 123 Å². The van der Waals surface area contributed by atoms with Crippen LogP contribution in [0.2, 0.25) is 0 Å². The van der Waals surface area contributed by atoms with Gasteiger partial charge in [0.05, 0.1) is 24.7 Å². The van der Waals surface area contributed by atoms with E-state index in [-0.39, 0.29) is 5.60 Å². The van der Waals surface area contributed by atoms with Gasteiger partial charge < -0.3 is 9.47 Å². The van der Waals surface area contributed by atoms with Gasteiger partial charge in [0.15, 0.2) is 0 Å². The second kappa shape index (κ2) is 3.91. The molecule has 1 aromatic heterocycles. The first kappa shape index (κ1) is 11.9. The second-order valence-corrected chi connectivity index (χ2v) is 6.55. The van der Waals surface area contributed by atoms with Gasteiger partial charge in [-0.3, -0.25) is 9.47 Å². The molecule has 3 saturated heterocycles. The molecule has 4 aliphatic heterocycles. The lowest BCUT2D eigenvalue weighted by Gasteiger charge is -2.50. The van der Waals surface area contributed by atoms with Crippen molar-refractivity contribution in [3.63, 3.8) is 0 Å². The van der Waals surface area contributed by atoms with E-state index in [1.807, 2.05) is 12.1 Å². The number of aromatic nitrogens is 2. The minimum atomic E-state index is -0.0455. The molecule has 0 N–H and O–H groups in total. The maximum Gasteiger partial charge on any atom is 0.298 e. The van der Waals surface area contributed by atoms with E-state index in [0.717, 1.165) is 35.9 Å². The maximum atomic E-state index is 6.40. The number of hydrogen-bond donors (Lipinski definition) is 0. The van der Waals surface area contributed by atoms with Crippen LogP contribution in [0, 0.1) is 5.92 Å². The van der Waals surface area contributed by atoms with E-state index in [4.69, 9.17) is 9.47 Å². The number of hydrogen-bond acceptors (Lipinski definition) is 4. The Balaban J connectivity index is 1.58. The third kappa shape index (κ3) is 1.52. The highest BCUT2D eigenvalue weighted by Gasteiger charge is 2.53. The molecular weight excluding hydrogens is 266 g/mol. The van der Waals surface area contributed by atoms with E-state index >= 15 is 0 Å². The first-order chi connectivity index (χ1) is 10.3. The van der Waals surface area contributed by atoms with Crippen molar-refractivity contribution < 1.29 is 9.47 Å². The third-order valence-electron chi connectivity index (χ3n) is 5.46. The molecule has 0 unspecified atom stereocenters. The highest BCUT2D eigenvalue weighted by molar-refractivity contribution is 5.79. The normalized spacial score (nSPS) is 33.4. The lowest BCUT2D eigenvalue weighted by Crippen LogP contribution is -2.61. The predicted octanol–water partition coefficient (Wildman–Crippen LogP) is 1.90. The SMILES string of the molecule is COc1ccc2nc3n(c2c1)C[C@]1(CN2CCC1CC2)O3. The molecule has 5 nitrogen and oxygen atoms in total. The number of rotatable bonds is 1. The fourth-order valence-corrected chi connectivity index (χ4v) is 4.34. The second-order valence-electron chi connectivity index (χ2n) is 6.55. The minimum Gasteiger partial charge on any atom is -0.497 e. The molecule has 1 spiro atoms. The molecule has 0 radical (unpaired) electrons. The van der Waals surface area contributed by atoms with E-state index in [0.29, 0.717) is 5.92 Å². The highest BCUT2D eigenvalue weighted by atomic mass is 16.5. The zero-order valence-corrected chi connectivity index (χ0v) is 12.2. The van der Waals surface area contributed by atoms with Crippen LogP contribution in [0.5, 0.6) is 11.8 Å². The molecule has 4 aliphatic rings. The van der Waals surface area contributed by atoms with Crippen molar-refractivity contribution in [2.45, 2.75) is 25.0 Å². The summed E-state index contributed by atoms with van der Waals surface area (Å²) in [5, 5.41) is 0. The number of imidazole rings is 1. The predicted molar refractivity (Wildman–Crippen MR) is 78.8 cm³/mol. The fourth-order valence-electron chi connectivity index (χ4n) is 4.34. The Morgan fingerprint density at radius 3 is 2.86 bits per heavy atom. The molecule has 0 saturated carbocycles. The molecule has 2 bridgehead atoms. The summed E-state index contributed by atoms with van der Waals surface area (Å²) in [7, 11) is 1.70. The highest BCUT2D eigenvalue weighted by Crippen LogP contribution is 2.45. The van der Waals surface area contributed by atoms with Crippen molar-refractivity contribution in [1.82, 2.24) is 14.5 Å². The summed E-state index contributed by atoms with van der Waals surface area (Å²) in [5.41, 5.74) is 2.07. The number of piperidine rings is 3. The smallest absolute Gasteiger partial charge is 0.298 e. The van der Waals surface area contributed by atoms with E-state index in [2.05, 4.69) is 20.5 Å². The molecule has 5 heterocycles. The van der Waals surface area contributed by atoms with Crippen molar-refractivity contribution in [1.29, 1.82) is 0 Å². The van der Waals surface area contributed by atoms with Crippen LogP contribution < -0.4 is 9.47 Å². The van der Waals surface area contributed by atoms with Crippen LogP contribution in [0.15, 0.2) is 18.2 Å². The number of ether oxygens (including phenoxy) is 2. The summed E-state index contributed by atoms with van der Waals surface area (Å²) in [6.45, 7) is 4.43. The lowest BCUT2D eigenvalue weighted by atomic mass is 9.75. The topological polar surface area (TPSA) is 39.5 Å². The molecule has 110 valence electrons. The van der Waals surface area contributed by atoms with Crippen molar-refractivity contribution >= 4 is 11.0 Å². The quantitative estimate of drug-likeness (QED) is 0.802. The fraction of sp³-hybridized carbons (Fsp3) is 0.562. The lowest BCUT2D eigenvalue weighted by molar-refractivity contribution is -0.0832. The van der Waals surface area contributed by atoms with Gasteiger partial charge in [-0.1, -0.05) is 0 Å². The first-order valence-electron chi connectivity index (χ1n) is 7.73. The molecule has 0 amide bonds. The van der Waals surface area contributed by atoms with Gasteiger partial charge in [-0.2, -0.15) is 4.98 Å². The number of fused-ring (bicyclic) bond motifs is 5. The Kier molecular flexibility index (Phi) is 2.21. The number of benzene rings is 1. The van der Waals surface area contributed by atoms with Crippen molar-refractivity contribution in [3.8, 4) is 11.8 Å². The summed E-state index contributed by atoms with van der Waals surface area (Å²) in [6.07, 6.45) is 2.51. The summed E-state index contributed by atoms with van der Waals surface area (Å²) in [6, 6.07) is 6.81. The van der Waals surface area contributed by atoms with Gasteiger partial charge in [-0.25, -0.2) is 0 Å². The van der Waals surface area contributed by atoms with Crippen molar-refractivity contribution in [2.24, 2.45) is 5.92 Å². The minimum absolute atomic E-state index is 0.0455. The number of nitrogens with zero attached hydrogens (tertiary/aromatic N) is 3. The molecule has 21 heavy (non-hydrogen) atoms. The van der Waals surface area contributed by atoms with Crippen LogP contribution in [-0.2, 0) is 6.54 Å². The van der Waals surface area contributed by atoms with E-state index < -0.39 is 0 Å². The summed E-state index contributed by atoms with van der Waals surface area (Å²) < 4.78 is 14.0. The Morgan fingerprint density at radius 2 is 2.14 bits per heavy atom. The molecule has 2 aromatic rings. The van der Waals surface area contributed by atoms with Crippen LogP contribution in [0.1, 0.15) is 12.8 Å². The summed E-state index contributed by atoms with van der Waals surface area (Å²) in [5.74, 6) is 1.55. The van der Waals surface area contributed by atoms with Crippen LogP contribution in [0.3, 0.4) is 0 Å². The number of methoxy groups -OCH3 is 1. The average molecular weight is 285 g/mol. The summed E-state index contributed by atoms with van der Waals surface area (Å²) in [4.78, 5) is 7.21. The monoisotopic (exact) mass is 285 g/mol. The zero-order chi connectivity index (χ0) is 14.0. The molecular formula is C16H19N3O2. The molecule has 5 heteroatoms. The van der Waals surface area contributed by atoms with E-state index in [1.54, 1.807) is 7.11 Å². The third-order valence-corrected chi connectivity index (χ3v) is 5.46. The molecule has 0 aliphatic carbocycles. The van der Waals surface area contributed by atoms with Crippen LogP contribution in [0.4, 0.5) is 0 Å². The maximum absolute atomic E-state index is 6.40. The van der Waals surface area contributed by atoms with Crippen LogP contribution in [-0.4, -0.2) is 46.8 Å². The van der Waals surface area contributed by atoms with Gasteiger partial charge in [-0.05, 0) is 38.1 Å². The molecule has 3 fully saturated rings. The van der Waals surface area contributed by atoms with Crippen LogP contribution >= 0.6 is 0 Å². The van der Waals surface area contributed by atoms with Crippen molar-refractivity contribution in [2.75, 3.05) is 26.7 Å². The Hall–Kier alpha value is -1.75. The summed E-state index contributed by atoms with van der Waals surface area (Å²) >= 11 is 0. The Bertz CT molecular complexity index is 718. The molecule has 1 aromatic carbocycles. The average Bonchev–Trinajstić information content (AvgIpc) is 3.02. The van der Waals surface area contributed by atoms with Gasteiger partial charge in [0.25, 0.3) is 6.01 Å². The van der Waals surface area contributed by atoms with Crippen molar-refractivity contribution in [3.05, 3.63) is 18.2 Å². The van der Waals surface area contributed by atoms with Gasteiger partial charge in [0, 0.05) is 18.5 Å². The van der Waals surface area contributed by atoms with E-state index in [9.17, 15) is 0 Å².